The lowest BCUT2D eigenvalue weighted by Gasteiger charge is -2.36. The summed E-state index contributed by atoms with van der Waals surface area (Å²) in [6.07, 6.45) is 4.05. The van der Waals surface area contributed by atoms with Gasteiger partial charge in [0.2, 0.25) is 0 Å². The smallest absolute Gasteiger partial charge is 0.254 e. The molecule has 110 valence electrons. The van der Waals surface area contributed by atoms with Gasteiger partial charge in [-0.25, -0.2) is 0 Å². The highest BCUT2D eigenvalue weighted by atomic mass is 16.5. The lowest BCUT2D eigenvalue weighted by Crippen LogP contribution is -2.50. The molecule has 0 aliphatic carbocycles. The largest absolute Gasteiger partial charge is 0.375 e. The molecular weight excluding hydrogens is 264 g/mol. The summed E-state index contributed by atoms with van der Waals surface area (Å²) in [5, 5.41) is 0. The Bertz CT molecular complexity index is 621. The fourth-order valence-electron chi connectivity index (χ4n) is 2.66. The van der Waals surface area contributed by atoms with E-state index in [1.807, 2.05) is 72.1 Å². The SMILES string of the molecule is C[C@@H]1CN(C(=O)c2cccc(-n3cccc3)c2)[C@H](C)CO1. The monoisotopic (exact) mass is 284 g/mol. The van der Waals surface area contributed by atoms with Crippen molar-refractivity contribution in [1.82, 2.24) is 9.47 Å². The number of carbonyl (C=O) groups is 1. The average Bonchev–Trinajstić information content (AvgIpc) is 3.03. The Labute approximate surface area is 124 Å². The first-order chi connectivity index (χ1) is 10.1. The van der Waals surface area contributed by atoms with Gasteiger partial charge in [0.25, 0.3) is 5.91 Å². The molecule has 0 bridgehead atoms. The highest BCUT2D eigenvalue weighted by Crippen LogP contribution is 2.17. The first-order valence-corrected chi connectivity index (χ1v) is 7.31. The normalized spacial score (nSPS) is 22.3. The average molecular weight is 284 g/mol. The Morgan fingerprint density at radius 1 is 1.19 bits per heavy atom. The number of nitrogens with zero attached hydrogens (tertiary/aromatic N) is 2. The third-order valence-electron chi connectivity index (χ3n) is 3.86. The van der Waals surface area contributed by atoms with Crippen LogP contribution in [-0.2, 0) is 4.74 Å². The summed E-state index contributed by atoms with van der Waals surface area (Å²) in [4.78, 5) is 14.6. The van der Waals surface area contributed by atoms with Gasteiger partial charge in [0.05, 0.1) is 18.8 Å². The third kappa shape index (κ3) is 2.85. The van der Waals surface area contributed by atoms with E-state index in [1.54, 1.807) is 0 Å². The lowest BCUT2D eigenvalue weighted by atomic mass is 10.1. The molecule has 1 aliphatic heterocycles. The first kappa shape index (κ1) is 13.9. The van der Waals surface area contributed by atoms with E-state index in [1.165, 1.54) is 0 Å². The van der Waals surface area contributed by atoms with Gasteiger partial charge in [-0.1, -0.05) is 6.07 Å². The highest BCUT2D eigenvalue weighted by molar-refractivity contribution is 5.95. The molecule has 1 fully saturated rings. The zero-order valence-electron chi connectivity index (χ0n) is 12.4. The van der Waals surface area contributed by atoms with Crippen molar-refractivity contribution >= 4 is 5.91 Å². The maximum Gasteiger partial charge on any atom is 0.254 e. The number of ether oxygens (including phenoxy) is 1. The summed E-state index contributed by atoms with van der Waals surface area (Å²) in [5.41, 5.74) is 1.72. The molecule has 21 heavy (non-hydrogen) atoms. The van der Waals surface area contributed by atoms with Crippen LogP contribution in [0.3, 0.4) is 0 Å². The number of hydrogen-bond donors (Lipinski definition) is 0. The first-order valence-electron chi connectivity index (χ1n) is 7.31. The van der Waals surface area contributed by atoms with Crippen LogP contribution in [0.15, 0.2) is 48.8 Å². The van der Waals surface area contributed by atoms with E-state index in [0.717, 1.165) is 11.3 Å². The van der Waals surface area contributed by atoms with Crippen molar-refractivity contribution in [2.75, 3.05) is 13.2 Å². The van der Waals surface area contributed by atoms with Crippen molar-refractivity contribution < 1.29 is 9.53 Å². The van der Waals surface area contributed by atoms with Crippen LogP contribution in [0, 0.1) is 0 Å². The Morgan fingerprint density at radius 2 is 1.95 bits per heavy atom. The number of hydrogen-bond acceptors (Lipinski definition) is 2. The zero-order valence-corrected chi connectivity index (χ0v) is 12.4. The predicted octanol–water partition coefficient (Wildman–Crippen LogP) is 2.73. The second-order valence-electron chi connectivity index (χ2n) is 5.59. The molecule has 1 saturated heterocycles. The Balaban J connectivity index is 1.86. The van der Waals surface area contributed by atoms with Crippen LogP contribution in [0.2, 0.25) is 0 Å². The van der Waals surface area contributed by atoms with Gasteiger partial charge < -0.3 is 14.2 Å². The van der Waals surface area contributed by atoms with Crippen molar-refractivity contribution in [1.29, 1.82) is 0 Å². The molecule has 2 atom stereocenters. The number of morpholine rings is 1. The van der Waals surface area contributed by atoms with Crippen LogP contribution in [0.4, 0.5) is 0 Å². The van der Waals surface area contributed by atoms with Crippen molar-refractivity contribution in [3.05, 3.63) is 54.4 Å². The highest BCUT2D eigenvalue weighted by Gasteiger charge is 2.28. The zero-order chi connectivity index (χ0) is 14.8. The van der Waals surface area contributed by atoms with E-state index in [-0.39, 0.29) is 18.1 Å². The maximum absolute atomic E-state index is 12.7. The summed E-state index contributed by atoms with van der Waals surface area (Å²) in [6.45, 7) is 5.28. The molecule has 1 aromatic heterocycles. The number of rotatable bonds is 2. The number of carbonyl (C=O) groups excluding carboxylic acids is 1. The number of amides is 1. The van der Waals surface area contributed by atoms with E-state index < -0.39 is 0 Å². The Kier molecular flexibility index (Phi) is 3.80. The van der Waals surface area contributed by atoms with Gasteiger partial charge >= 0.3 is 0 Å². The van der Waals surface area contributed by atoms with Gasteiger partial charge in [-0.05, 0) is 44.2 Å². The van der Waals surface area contributed by atoms with Gasteiger partial charge in [-0.3, -0.25) is 4.79 Å². The molecule has 1 aromatic carbocycles. The van der Waals surface area contributed by atoms with E-state index in [0.29, 0.717) is 13.2 Å². The van der Waals surface area contributed by atoms with Crippen LogP contribution >= 0.6 is 0 Å². The summed E-state index contributed by atoms with van der Waals surface area (Å²) in [5.74, 6) is 0.0756. The second-order valence-corrected chi connectivity index (χ2v) is 5.59. The molecule has 0 N–H and O–H groups in total. The van der Waals surface area contributed by atoms with Gasteiger partial charge in [0.15, 0.2) is 0 Å². The molecule has 2 heterocycles. The Morgan fingerprint density at radius 3 is 2.71 bits per heavy atom. The van der Waals surface area contributed by atoms with Crippen LogP contribution in [0.25, 0.3) is 5.69 Å². The minimum absolute atomic E-state index is 0.0756. The van der Waals surface area contributed by atoms with Crippen LogP contribution in [-0.4, -0.2) is 40.7 Å². The quantitative estimate of drug-likeness (QED) is 0.850. The summed E-state index contributed by atoms with van der Waals surface area (Å²) in [6, 6.07) is 11.8. The fraction of sp³-hybridized carbons (Fsp3) is 0.353. The van der Waals surface area contributed by atoms with Crippen molar-refractivity contribution in [3.63, 3.8) is 0 Å². The van der Waals surface area contributed by atoms with Gasteiger partial charge in [-0.15, -0.1) is 0 Å². The second kappa shape index (κ2) is 5.74. The molecule has 1 amide bonds. The van der Waals surface area contributed by atoms with Gasteiger partial charge in [-0.2, -0.15) is 0 Å². The number of benzene rings is 1. The molecule has 2 aromatic rings. The maximum atomic E-state index is 12.7. The minimum atomic E-state index is 0.0756. The minimum Gasteiger partial charge on any atom is -0.375 e. The Hall–Kier alpha value is -2.07. The van der Waals surface area contributed by atoms with Crippen LogP contribution < -0.4 is 0 Å². The van der Waals surface area contributed by atoms with E-state index >= 15 is 0 Å². The summed E-state index contributed by atoms with van der Waals surface area (Å²) < 4.78 is 7.59. The summed E-state index contributed by atoms with van der Waals surface area (Å²) >= 11 is 0. The van der Waals surface area contributed by atoms with Crippen LogP contribution in [0.5, 0.6) is 0 Å². The van der Waals surface area contributed by atoms with Gasteiger partial charge in [0.1, 0.15) is 0 Å². The van der Waals surface area contributed by atoms with Crippen molar-refractivity contribution in [2.24, 2.45) is 0 Å². The molecule has 0 spiro atoms. The molecular formula is C17H20N2O2. The van der Waals surface area contributed by atoms with Crippen molar-refractivity contribution in [2.45, 2.75) is 26.0 Å². The van der Waals surface area contributed by atoms with E-state index in [2.05, 4.69) is 0 Å². The lowest BCUT2D eigenvalue weighted by molar-refractivity contribution is -0.0387. The van der Waals surface area contributed by atoms with E-state index in [4.69, 9.17) is 4.74 Å². The molecule has 0 unspecified atom stereocenters. The third-order valence-corrected chi connectivity index (χ3v) is 3.86. The van der Waals surface area contributed by atoms with Crippen molar-refractivity contribution in [3.8, 4) is 5.69 Å². The fourth-order valence-corrected chi connectivity index (χ4v) is 2.66. The molecule has 0 saturated carbocycles. The summed E-state index contributed by atoms with van der Waals surface area (Å²) in [7, 11) is 0. The molecule has 1 aliphatic rings. The van der Waals surface area contributed by atoms with Gasteiger partial charge in [0, 0.05) is 30.2 Å². The standard InChI is InChI=1S/C17H20N2O2/c1-13-12-21-14(2)11-19(13)17(20)15-6-5-7-16(10-15)18-8-3-4-9-18/h3-10,13-14H,11-12H2,1-2H3/t13-,14-/m1/s1. The molecule has 4 nitrogen and oxygen atoms in total. The number of aromatic nitrogens is 1. The molecule has 0 radical (unpaired) electrons. The topological polar surface area (TPSA) is 34.5 Å². The van der Waals surface area contributed by atoms with E-state index in [9.17, 15) is 4.79 Å². The molecule has 3 rings (SSSR count). The molecule has 4 heteroatoms. The van der Waals surface area contributed by atoms with Crippen LogP contribution in [0.1, 0.15) is 24.2 Å². The predicted molar refractivity (Wildman–Crippen MR) is 81.7 cm³/mol.